The molecule has 1 N–H and O–H groups in total. The number of benzene rings is 1. The minimum Gasteiger partial charge on any atom is -0.315 e. The molecule has 0 amide bonds. The Labute approximate surface area is 107 Å². The molecule has 18 heavy (non-hydrogen) atoms. The number of fused-ring (bicyclic) bond motifs is 1. The van der Waals surface area contributed by atoms with Gasteiger partial charge in [-0.3, -0.25) is 0 Å². The van der Waals surface area contributed by atoms with Gasteiger partial charge in [-0.2, -0.15) is 0 Å². The molecule has 3 rings (SSSR count). The van der Waals surface area contributed by atoms with Crippen LogP contribution in [0.4, 0.5) is 0 Å². The van der Waals surface area contributed by atoms with Gasteiger partial charge in [-0.1, -0.05) is 30.3 Å². The Morgan fingerprint density at radius 1 is 1.06 bits per heavy atom. The van der Waals surface area contributed by atoms with Crippen LogP contribution in [-0.2, 0) is 25.8 Å². The number of aryl methyl sites for hydroxylation is 2. The fourth-order valence-corrected chi connectivity index (χ4v) is 2.42. The zero-order chi connectivity index (χ0) is 12.2. The van der Waals surface area contributed by atoms with Crippen LogP contribution in [0.25, 0.3) is 0 Å². The van der Waals surface area contributed by atoms with Crippen LogP contribution in [0.2, 0.25) is 0 Å². The molecule has 4 nitrogen and oxygen atoms in total. The van der Waals surface area contributed by atoms with Crippen LogP contribution >= 0.6 is 0 Å². The molecule has 0 saturated carbocycles. The fraction of sp³-hybridized carbons (Fsp3) is 0.429. The van der Waals surface area contributed by atoms with E-state index in [-0.39, 0.29) is 0 Å². The lowest BCUT2D eigenvalue weighted by atomic mass is 10.1. The molecule has 0 unspecified atom stereocenters. The van der Waals surface area contributed by atoms with Crippen LogP contribution in [0, 0.1) is 0 Å². The summed E-state index contributed by atoms with van der Waals surface area (Å²) in [5.74, 6) is 2.25. The summed E-state index contributed by atoms with van der Waals surface area (Å²) in [6.07, 6.45) is 2.99. The van der Waals surface area contributed by atoms with Gasteiger partial charge in [0.2, 0.25) is 0 Å². The quantitative estimate of drug-likeness (QED) is 0.879. The van der Waals surface area contributed by atoms with Gasteiger partial charge in [0, 0.05) is 32.5 Å². The maximum absolute atomic E-state index is 4.34. The molecule has 1 aliphatic rings. The standard InChI is InChI=1S/C14H18N4/c1-2-4-12(5-3-1)6-7-13-16-17-14-8-9-15-10-11-18(13)14/h1-5,15H,6-11H2. The Bertz CT molecular complexity index is 504. The Hall–Kier alpha value is -1.68. The van der Waals surface area contributed by atoms with Crippen molar-refractivity contribution in [1.82, 2.24) is 20.1 Å². The molecule has 94 valence electrons. The molecule has 1 aromatic heterocycles. The first-order chi connectivity index (χ1) is 8.93. The molecule has 0 radical (unpaired) electrons. The Morgan fingerprint density at radius 3 is 2.83 bits per heavy atom. The van der Waals surface area contributed by atoms with Crippen molar-refractivity contribution in [2.75, 3.05) is 13.1 Å². The highest BCUT2D eigenvalue weighted by Gasteiger charge is 2.13. The zero-order valence-electron chi connectivity index (χ0n) is 10.5. The molecule has 2 aromatic rings. The van der Waals surface area contributed by atoms with Gasteiger partial charge in [0.1, 0.15) is 11.6 Å². The summed E-state index contributed by atoms with van der Waals surface area (Å²) >= 11 is 0. The Balaban J connectivity index is 1.72. The van der Waals surface area contributed by atoms with Crippen LogP contribution in [0.1, 0.15) is 17.2 Å². The fourth-order valence-electron chi connectivity index (χ4n) is 2.42. The SMILES string of the molecule is c1ccc(CCc2nnc3n2CCNCC3)cc1. The van der Waals surface area contributed by atoms with Crippen molar-refractivity contribution in [3.8, 4) is 0 Å². The van der Waals surface area contributed by atoms with Crippen molar-refractivity contribution >= 4 is 0 Å². The smallest absolute Gasteiger partial charge is 0.134 e. The zero-order valence-corrected chi connectivity index (χ0v) is 10.5. The van der Waals surface area contributed by atoms with Gasteiger partial charge >= 0.3 is 0 Å². The number of rotatable bonds is 3. The van der Waals surface area contributed by atoms with Crippen molar-refractivity contribution in [2.24, 2.45) is 0 Å². The number of aromatic nitrogens is 3. The summed E-state index contributed by atoms with van der Waals surface area (Å²) in [6, 6.07) is 10.6. The molecule has 0 atom stereocenters. The average molecular weight is 242 g/mol. The van der Waals surface area contributed by atoms with Crippen molar-refractivity contribution in [3.05, 3.63) is 47.5 Å². The molecule has 0 fully saturated rings. The van der Waals surface area contributed by atoms with Crippen LogP contribution in [0.5, 0.6) is 0 Å². The first-order valence-electron chi connectivity index (χ1n) is 6.59. The molecule has 0 aliphatic carbocycles. The summed E-state index contributed by atoms with van der Waals surface area (Å²) < 4.78 is 2.28. The van der Waals surface area contributed by atoms with Crippen molar-refractivity contribution in [3.63, 3.8) is 0 Å². The highest BCUT2D eigenvalue weighted by molar-refractivity contribution is 5.15. The van der Waals surface area contributed by atoms with Gasteiger partial charge in [-0.25, -0.2) is 0 Å². The van der Waals surface area contributed by atoms with Crippen molar-refractivity contribution < 1.29 is 0 Å². The topological polar surface area (TPSA) is 42.7 Å². The van der Waals surface area contributed by atoms with Crippen molar-refractivity contribution in [2.45, 2.75) is 25.8 Å². The van der Waals surface area contributed by atoms with E-state index in [2.05, 4.69) is 50.4 Å². The molecule has 1 aliphatic heterocycles. The normalized spacial score (nSPS) is 15.1. The van der Waals surface area contributed by atoms with Gasteiger partial charge in [0.05, 0.1) is 0 Å². The average Bonchev–Trinajstić information content (AvgIpc) is 2.65. The van der Waals surface area contributed by atoms with E-state index < -0.39 is 0 Å². The first kappa shape index (κ1) is 11.4. The monoisotopic (exact) mass is 242 g/mol. The molecule has 4 heteroatoms. The minimum atomic E-state index is 0.969. The molecule has 1 aromatic carbocycles. The van der Waals surface area contributed by atoms with E-state index >= 15 is 0 Å². The molecule has 0 spiro atoms. The van der Waals surface area contributed by atoms with E-state index in [1.54, 1.807) is 0 Å². The Kier molecular flexibility index (Phi) is 3.37. The minimum absolute atomic E-state index is 0.969. The van der Waals surface area contributed by atoms with Crippen LogP contribution < -0.4 is 5.32 Å². The van der Waals surface area contributed by atoms with E-state index in [4.69, 9.17) is 0 Å². The first-order valence-corrected chi connectivity index (χ1v) is 6.59. The van der Waals surface area contributed by atoms with Crippen LogP contribution in [-0.4, -0.2) is 27.9 Å². The lowest BCUT2D eigenvalue weighted by Gasteiger charge is -2.06. The summed E-state index contributed by atoms with van der Waals surface area (Å²) in [5, 5.41) is 12.0. The number of nitrogens with one attached hydrogen (secondary N) is 1. The van der Waals surface area contributed by atoms with Gasteiger partial charge in [0.25, 0.3) is 0 Å². The third-order valence-corrected chi connectivity index (χ3v) is 3.42. The Morgan fingerprint density at radius 2 is 1.94 bits per heavy atom. The lowest BCUT2D eigenvalue weighted by Crippen LogP contribution is -2.18. The molecule has 0 saturated heterocycles. The second kappa shape index (κ2) is 5.31. The van der Waals surface area contributed by atoms with Gasteiger partial charge in [-0.15, -0.1) is 10.2 Å². The van der Waals surface area contributed by atoms with E-state index in [9.17, 15) is 0 Å². The maximum atomic E-state index is 4.34. The van der Waals surface area contributed by atoms with Gasteiger partial charge < -0.3 is 9.88 Å². The highest BCUT2D eigenvalue weighted by Crippen LogP contribution is 2.09. The second-order valence-corrected chi connectivity index (χ2v) is 4.67. The predicted octanol–water partition coefficient (Wildman–Crippen LogP) is 1.21. The van der Waals surface area contributed by atoms with Gasteiger partial charge in [0.15, 0.2) is 0 Å². The predicted molar refractivity (Wildman–Crippen MR) is 70.4 cm³/mol. The van der Waals surface area contributed by atoms with E-state index in [1.807, 2.05) is 0 Å². The van der Waals surface area contributed by atoms with E-state index in [1.165, 1.54) is 5.56 Å². The molecular formula is C14H18N4. The third-order valence-electron chi connectivity index (χ3n) is 3.42. The second-order valence-electron chi connectivity index (χ2n) is 4.67. The van der Waals surface area contributed by atoms with Crippen molar-refractivity contribution in [1.29, 1.82) is 0 Å². The third kappa shape index (κ3) is 2.43. The summed E-state index contributed by atoms with van der Waals surface area (Å²) in [7, 11) is 0. The maximum Gasteiger partial charge on any atom is 0.134 e. The summed E-state index contributed by atoms with van der Waals surface area (Å²) in [4.78, 5) is 0. The molecule has 2 heterocycles. The summed E-state index contributed by atoms with van der Waals surface area (Å²) in [6.45, 7) is 3.02. The summed E-state index contributed by atoms with van der Waals surface area (Å²) in [5.41, 5.74) is 1.36. The number of hydrogen-bond donors (Lipinski definition) is 1. The van der Waals surface area contributed by atoms with E-state index in [0.717, 1.165) is 50.5 Å². The van der Waals surface area contributed by atoms with Crippen LogP contribution in [0.3, 0.4) is 0 Å². The number of nitrogens with zero attached hydrogens (tertiary/aromatic N) is 3. The lowest BCUT2D eigenvalue weighted by molar-refractivity contribution is 0.614. The molecular weight excluding hydrogens is 224 g/mol. The molecule has 0 bridgehead atoms. The largest absolute Gasteiger partial charge is 0.315 e. The van der Waals surface area contributed by atoms with E-state index in [0.29, 0.717) is 0 Å². The van der Waals surface area contributed by atoms with Gasteiger partial charge in [-0.05, 0) is 12.0 Å². The van der Waals surface area contributed by atoms with Crippen LogP contribution in [0.15, 0.2) is 30.3 Å². The highest BCUT2D eigenvalue weighted by atomic mass is 15.3. The number of hydrogen-bond acceptors (Lipinski definition) is 3.